The first-order valence-corrected chi connectivity index (χ1v) is 12.5. The number of carboxylic acid groups (broad SMARTS) is 1. The molecule has 1 aliphatic rings. The lowest BCUT2D eigenvalue weighted by Crippen LogP contribution is -2.27. The van der Waals surface area contributed by atoms with Gasteiger partial charge in [-0.3, -0.25) is 0 Å². The molecule has 0 saturated carbocycles. The first-order valence-electron chi connectivity index (χ1n) is 12.5. The summed E-state index contributed by atoms with van der Waals surface area (Å²) in [5, 5.41) is 9.52. The molecule has 3 aromatic rings. The van der Waals surface area contributed by atoms with Gasteiger partial charge in [0.2, 0.25) is 5.89 Å². The van der Waals surface area contributed by atoms with Crippen molar-refractivity contribution in [1.82, 2.24) is 4.98 Å². The van der Waals surface area contributed by atoms with Crippen LogP contribution in [0.15, 0.2) is 40.8 Å². The van der Waals surface area contributed by atoms with E-state index in [-0.39, 0.29) is 0 Å². The van der Waals surface area contributed by atoms with E-state index >= 15 is 0 Å². The number of aryl methyl sites for hydroxylation is 1. The molecule has 35 heavy (non-hydrogen) atoms. The van der Waals surface area contributed by atoms with Crippen molar-refractivity contribution in [2.45, 2.75) is 78.4 Å². The fourth-order valence-electron chi connectivity index (χ4n) is 4.70. The Balaban J connectivity index is 1.51. The number of nitrogens with zero attached hydrogens (tertiary/aromatic N) is 1. The molecule has 2 aromatic carbocycles. The number of carboxylic acids is 1. The highest BCUT2D eigenvalue weighted by molar-refractivity contribution is 5.73. The summed E-state index contributed by atoms with van der Waals surface area (Å²) in [7, 11) is 0. The van der Waals surface area contributed by atoms with Crippen LogP contribution in [0.5, 0.6) is 5.75 Å². The molecule has 1 atom stereocenters. The second kappa shape index (κ2) is 11.1. The zero-order chi connectivity index (χ0) is 24.9. The maximum Gasteiger partial charge on any atom is 0.333 e. The number of hydrogen-bond donors (Lipinski definition) is 1. The van der Waals surface area contributed by atoms with Crippen molar-refractivity contribution in [2.75, 3.05) is 6.61 Å². The molecule has 186 valence electrons. The number of carbonyl (C=O) groups is 1. The highest BCUT2D eigenvalue weighted by Gasteiger charge is 2.24. The average Bonchev–Trinajstić information content (AvgIpc) is 3.23. The van der Waals surface area contributed by atoms with E-state index in [2.05, 4.69) is 26.0 Å². The van der Waals surface area contributed by atoms with Crippen LogP contribution < -0.4 is 4.74 Å². The van der Waals surface area contributed by atoms with Gasteiger partial charge in [0.15, 0.2) is 6.10 Å². The Morgan fingerprint density at radius 2 is 1.80 bits per heavy atom. The van der Waals surface area contributed by atoms with E-state index in [4.69, 9.17) is 18.9 Å². The summed E-state index contributed by atoms with van der Waals surface area (Å²) in [6.45, 7) is 8.78. The smallest absolute Gasteiger partial charge is 0.333 e. The molecule has 0 fully saturated rings. The van der Waals surface area contributed by atoms with E-state index in [9.17, 15) is 9.90 Å². The Labute approximate surface area is 207 Å². The van der Waals surface area contributed by atoms with Crippen LogP contribution in [0.3, 0.4) is 0 Å². The molecule has 0 amide bonds. The van der Waals surface area contributed by atoms with Gasteiger partial charge < -0.3 is 19.0 Å². The number of ether oxygens (including phenoxy) is 2. The third-order valence-electron chi connectivity index (χ3n) is 6.72. The highest BCUT2D eigenvalue weighted by atomic mass is 16.5. The average molecular weight is 478 g/mol. The molecule has 0 bridgehead atoms. The maximum atomic E-state index is 11.6. The van der Waals surface area contributed by atoms with Crippen LogP contribution in [0.4, 0.5) is 0 Å². The fraction of sp³-hybridized carbons (Fsp3) is 0.448. The largest absolute Gasteiger partial charge is 0.487 e. The van der Waals surface area contributed by atoms with E-state index in [1.165, 1.54) is 16.7 Å². The van der Waals surface area contributed by atoms with Gasteiger partial charge in [-0.25, -0.2) is 9.78 Å². The number of oxazole rings is 1. The summed E-state index contributed by atoms with van der Waals surface area (Å²) >= 11 is 0. The predicted octanol–water partition coefficient (Wildman–Crippen LogP) is 6.26. The summed E-state index contributed by atoms with van der Waals surface area (Å²) in [6, 6.07) is 12.3. The van der Waals surface area contributed by atoms with Gasteiger partial charge in [-0.05, 0) is 85.9 Å². The first kappa shape index (κ1) is 25.0. The Morgan fingerprint density at radius 3 is 2.46 bits per heavy atom. The lowest BCUT2D eigenvalue weighted by atomic mass is 9.86. The van der Waals surface area contributed by atoms with Gasteiger partial charge in [-0.15, -0.1) is 0 Å². The minimum atomic E-state index is -0.923. The topological polar surface area (TPSA) is 81.8 Å². The maximum absolute atomic E-state index is 11.6. The van der Waals surface area contributed by atoms with Crippen LogP contribution in [0.2, 0.25) is 0 Å². The van der Waals surface area contributed by atoms with E-state index < -0.39 is 12.1 Å². The second-order valence-corrected chi connectivity index (χ2v) is 9.46. The standard InChI is InChI=1S/C29H35NO5/c1-5-33-27(29(31)32)16-22-14-15-26(24-9-7-6-8-23(22)24)34-17-25-19(4)35-28(30-25)21-12-10-20(11-13-21)18(2)3/h10-15,18,27H,5-9,16-17H2,1-4H3,(H,31,32). The normalized spacial score (nSPS) is 14.1. The number of hydrogen-bond acceptors (Lipinski definition) is 5. The summed E-state index contributed by atoms with van der Waals surface area (Å²) in [5.74, 6) is 1.75. The lowest BCUT2D eigenvalue weighted by Gasteiger charge is -2.24. The molecule has 0 spiro atoms. The van der Waals surface area contributed by atoms with Crippen LogP contribution in [0.25, 0.3) is 11.5 Å². The molecule has 0 saturated heterocycles. The molecule has 6 heteroatoms. The predicted molar refractivity (Wildman–Crippen MR) is 135 cm³/mol. The zero-order valence-electron chi connectivity index (χ0n) is 21.1. The molecule has 6 nitrogen and oxygen atoms in total. The van der Waals surface area contributed by atoms with Crippen molar-refractivity contribution in [2.24, 2.45) is 0 Å². The Hall–Kier alpha value is -3.12. The molecule has 4 rings (SSSR count). The van der Waals surface area contributed by atoms with Gasteiger partial charge in [-0.1, -0.05) is 32.0 Å². The molecule has 0 radical (unpaired) electrons. The Bertz CT molecular complexity index is 1160. The fourth-order valence-corrected chi connectivity index (χ4v) is 4.70. The third kappa shape index (κ3) is 5.76. The first-order chi connectivity index (χ1) is 16.9. The van der Waals surface area contributed by atoms with E-state index in [0.29, 0.717) is 31.4 Å². The SMILES string of the molecule is CCOC(Cc1ccc(OCc2nc(-c3ccc(C(C)C)cc3)oc2C)c2c1CCCC2)C(=O)O. The summed E-state index contributed by atoms with van der Waals surface area (Å²) in [6.07, 6.45) is 3.59. The second-order valence-electron chi connectivity index (χ2n) is 9.46. The van der Waals surface area contributed by atoms with Gasteiger partial charge in [0.25, 0.3) is 0 Å². The van der Waals surface area contributed by atoms with Gasteiger partial charge in [0.1, 0.15) is 23.8 Å². The van der Waals surface area contributed by atoms with Crippen LogP contribution in [0, 0.1) is 6.92 Å². The van der Waals surface area contributed by atoms with Gasteiger partial charge >= 0.3 is 5.97 Å². The van der Waals surface area contributed by atoms with Crippen molar-refractivity contribution in [3.63, 3.8) is 0 Å². The molecular weight excluding hydrogens is 442 g/mol. The van der Waals surface area contributed by atoms with E-state index in [1.54, 1.807) is 0 Å². The van der Waals surface area contributed by atoms with Crippen LogP contribution in [-0.4, -0.2) is 28.8 Å². The molecule has 1 heterocycles. The van der Waals surface area contributed by atoms with Crippen LogP contribution in [0.1, 0.15) is 73.2 Å². The monoisotopic (exact) mass is 477 g/mol. The van der Waals surface area contributed by atoms with Crippen molar-refractivity contribution in [3.05, 3.63) is 70.1 Å². The molecule has 0 aliphatic heterocycles. The molecule has 1 aromatic heterocycles. The number of benzene rings is 2. The number of aromatic nitrogens is 1. The Kier molecular flexibility index (Phi) is 7.91. The molecular formula is C29H35NO5. The van der Waals surface area contributed by atoms with Gasteiger partial charge in [-0.2, -0.15) is 0 Å². The number of aliphatic carboxylic acids is 1. The van der Waals surface area contributed by atoms with Crippen molar-refractivity contribution in [1.29, 1.82) is 0 Å². The zero-order valence-corrected chi connectivity index (χ0v) is 21.1. The minimum absolute atomic E-state index is 0.321. The van der Waals surface area contributed by atoms with Crippen LogP contribution >= 0.6 is 0 Å². The van der Waals surface area contributed by atoms with E-state index in [0.717, 1.165) is 54.0 Å². The quantitative estimate of drug-likeness (QED) is 0.371. The third-order valence-corrected chi connectivity index (χ3v) is 6.72. The summed E-state index contributed by atoms with van der Waals surface area (Å²) in [5.41, 5.74) is 6.45. The van der Waals surface area contributed by atoms with Gasteiger partial charge in [0, 0.05) is 18.6 Å². The molecule has 1 unspecified atom stereocenters. The van der Waals surface area contributed by atoms with E-state index in [1.807, 2.05) is 38.1 Å². The summed E-state index contributed by atoms with van der Waals surface area (Å²) in [4.78, 5) is 16.3. The Morgan fingerprint density at radius 1 is 1.09 bits per heavy atom. The molecule has 1 aliphatic carbocycles. The van der Waals surface area contributed by atoms with Gasteiger partial charge in [0.05, 0.1) is 0 Å². The number of rotatable bonds is 10. The van der Waals surface area contributed by atoms with Crippen LogP contribution in [-0.2, 0) is 35.4 Å². The van der Waals surface area contributed by atoms with Crippen molar-refractivity contribution < 1.29 is 23.8 Å². The van der Waals surface area contributed by atoms with Crippen molar-refractivity contribution >= 4 is 5.97 Å². The number of fused-ring (bicyclic) bond motifs is 1. The lowest BCUT2D eigenvalue weighted by molar-refractivity contribution is -0.149. The summed E-state index contributed by atoms with van der Waals surface area (Å²) < 4.78 is 17.7. The molecule has 1 N–H and O–H groups in total. The minimum Gasteiger partial charge on any atom is -0.487 e. The van der Waals surface area contributed by atoms with Crippen molar-refractivity contribution in [3.8, 4) is 17.2 Å². The highest BCUT2D eigenvalue weighted by Crippen LogP contribution is 2.34.